The molecule has 0 aromatic heterocycles. The largest absolute Gasteiger partial charge is 0.480 e. The molecule has 0 aliphatic rings. The third-order valence-corrected chi connectivity index (χ3v) is 3.89. The fourth-order valence-corrected chi connectivity index (χ4v) is 2.21. The van der Waals surface area contributed by atoms with Crippen molar-refractivity contribution in [2.24, 2.45) is 5.73 Å². The van der Waals surface area contributed by atoms with Gasteiger partial charge in [-0.2, -0.15) is 8.42 Å². The molecule has 1 aromatic carbocycles. The number of carbonyl (C=O) groups excluding carboxylic acids is 1. The van der Waals surface area contributed by atoms with Crippen molar-refractivity contribution in [2.45, 2.75) is 17.9 Å². The molecule has 0 spiro atoms. The Kier molecular flexibility index (Phi) is 5.72. The van der Waals surface area contributed by atoms with E-state index in [4.69, 9.17) is 27.0 Å². The SMILES string of the molecule is Cc1c(Cl)cc(S(=O)(=O)O)cc1NC(=O)NCC(N)C(=O)O. The summed E-state index contributed by atoms with van der Waals surface area (Å²) in [6.45, 7) is 1.20. The van der Waals surface area contributed by atoms with Crippen molar-refractivity contribution in [3.63, 3.8) is 0 Å². The standard InChI is InChI=1S/C11H14ClN3O6S/c1-5-7(12)2-6(22(19,20)21)3-9(5)15-11(18)14-4-8(13)10(16)17/h2-3,8H,4,13H2,1H3,(H,16,17)(H2,14,15,18)(H,19,20,21). The highest BCUT2D eigenvalue weighted by Crippen LogP contribution is 2.27. The van der Waals surface area contributed by atoms with Crippen molar-refractivity contribution in [3.05, 3.63) is 22.7 Å². The number of urea groups is 1. The fraction of sp³-hybridized carbons (Fsp3) is 0.273. The van der Waals surface area contributed by atoms with Crippen LogP contribution in [0.1, 0.15) is 5.56 Å². The van der Waals surface area contributed by atoms with Crippen LogP contribution in [0.4, 0.5) is 10.5 Å². The Morgan fingerprint density at radius 2 is 2.00 bits per heavy atom. The lowest BCUT2D eigenvalue weighted by atomic mass is 10.2. The number of carboxylic acids is 1. The number of rotatable bonds is 5. The first kappa shape index (κ1) is 18.2. The number of aliphatic carboxylic acids is 1. The molecule has 0 saturated heterocycles. The lowest BCUT2D eigenvalue weighted by Crippen LogP contribution is -2.43. The Hall–Kier alpha value is -1.88. The van der Waals surface area contributed by atoms with Gasteiger partial charge < -0.3 is 21.5 Å². The van der Waals surface area contributed by atoms with E-state index in [9.17, 15) is 18.0 Å². The lowest BCUT2D eigenvalue weighted by Gasteiger charge is -2.13. The molecule has 1 aromatic rings. The average Bonchev–Trinajstić information content (AvgIpc) is 2.39. The van der Waals surface area contributed by atoms with E-state index in [1.54, 1.807) is 0 Å². The molecule has 0 radical (unpaired) electrons. The first-order chi connectivity index (χ1) is 10.0. The molecule has 22 heavy (non-hydrogen) atoms. The summed E-state index contributed by atoms with van der Waals surface area (Å²) in [4.78, 5) is 21.7. The second-order valence-electron chi connectivity index (χ2n) is 4.33. The molecule has 1 unspecified atom stereocenters. The zero-order valence-corrected chi connectivity index (χ0v) is 12.9. The molecule has 0 aliphatic carbocycles. The predicted octanol–water partition coefficient (Wildman–Crippen LogP) is 0.429. The Balaban J connectivity index is 2.91. The van der Waals surface area contributed by atoms with Crippen LogP contribution in [0.5, 0.6) is 0 Å². The number of carbonyl (C=O) groups is 2. The Morgan fingerprint density at radius 1 is 1.41 bits per heavy atom. The van der Waals surface area contributed by atoms with Gasteiger partial charge in [0.15, 0.2) is 0 Å². The Labute approximate surface area is 131 Å². The van der Waals surface area contributed by atoms with Crippen LogP contribution in [-0.2, 0) is 14.9 Å². The van der Waals surface area contributed by atoms with Crippen LogP contribution in [-0.4, -0.2) is 42.7 Å². The molecule has 9 nitrogen and oxygen atoms in total. The van der Waals surface area contributed by atoms with Crippen molar-refractivity contribution < 1.29 is 27.7 Å². The van der Waals surface area contributed by atoms with Crippen molar-refractivity contribution >= 4 is 39.4 Å². The van der Waals surface area contributed by atoms with E-state index in [0.29, 0.717) is 5.56 Å². The number of hydrogen-bond donors (Lipinski definition) is 5. The van der Waals surface area contributed by atoms with E-state index in [-0.39, 0.29) is 17.3 Å². The first-order valence-electron chi connectivity index (χ1n) is 5.83. The van der Waals surface area contributed by atoms with Crippen molar-refractivity contribution in [2.75, 3.05) is 11.9 Å². The minimum atomic E-state index is -4.49. The van der Waals surface area contributed by atoms with Crippen LogP contribution >= 0.6 is 11.6 Å². The molecule has 122 valence electrons. The number of halogens is 1. The summed E-state index contributed by atoms with van der Waals surface area (Å²) < 4.78 is 31.2. The lowest BCUT2D eigenvalue weighted by molar-refractivity contribution is -0.138. The van der Waals surface area contributed by atoms with E-state index in [0.717, 1.165) is 12.1 Å². The van der Waals surface area contributed by atoms with Crippen LogP contribution in [0.15, 0.2) is 17.0 Å². The third-order valence-electron chi connectivity index (χ3n) is 2.66. The van der Waals surface area contributed by atoms with Gasteiger partial charge in [0.25, 0.3) is 10.1 Å². The van der Waals surface area contributed by atoms with Crippen LogP contribution in [0.3, 0.4) is 0 Å². The second-order valence-corrected chi connectivity index (χ2v) is 6.16. The number of amides is 2. The van der Waals surface area contributed by atoms with Crippen molar-refractivity contribution in [1.82, 2.24) is 5.32 Å². The van der Waals surface area contributed by atoms with Crippen LogP contribution < -0.4 is 16.4 Å². The van der Waals surface area contributed by atoms with E-state index >= 15 is 0 Å². The highest BCUT2D eigenvalue weighted by molar-refractivity contribution is 7.85. The minimum Gasteiger partial charge on any atom is -0.480 e. The number of anilines is 1. The van der Waals surface area contributed by atoms with E-state index in [1.807, 2.05) is 0 Å². The van der Waals surface area contributed by atoms with Crippen LogP contribution in [0.25, 0.3) is 0 Å². The quantitative estimate of drug-likeness (QED) is 0.481. The summed E-state index contributed by atoms with van der Waals surface area (Å²) >= 11 is 5.83. The Bertz CT molecular complexity index is 706. The summed E-state index contributed by atoms with van der Waals surface area (Å²) in [6, 6.07) is -0.0222. The van der Waals surface area contributed by atoms with E-state index in [2.05, 4.69) is 10.6 Å². The topological polar surface area (TPSA) is 159 Å². The van der Waals surface area contributed by atoms with Gasteiger partial charge in [0.2, 0.25) is 0 Å². The number of carboxylic acid groups (broad SMARTS) is 1. The number of hydrogen-bond acceptors (Lipinski definition) is 5. The molecule has 6 N–H and O–H groups in total. The summed E-state index contributed by atoms with van der Waals surface area (Å²) in [7, 11) is -4.49. The zero-order chi connectivity index (χ0) is 17.1. The molecule has 0 saturated carbocycles. The number of benzene rings is 1. The van der Waals surface area contributed by atoms with Gasteiger partial charge in [-0.3, -0.25) is 9.35 Å². The number of nitrogens with two attached hydrogens (primary N) is 1. The highest BCUT2D eigenvalue weighted by atomic mass is 35.5. The molecule has 1 rings (SSSR count). The van der Waals surface area contributed by atoms with Gasteiger partial charge in [-0.1, -0.05) is 11.6 Å². The molecule has 0 bridgehead atoms. The maximum atomic E-state index is 11.6. The van der Waals surface area contributed by atoms with Gasteiger partial charge in [-0.15, -0.1) is 0 Å². The molecule has 2 amide bonds. The third kappa shape index (κ3) is 4.84. The second kappa shape index (κ2) is 6.92. The van der Waals surface area contributed by atoms with Gasteiger partial charge in [0, 0.05) is 17.3 Å². The molecule has 11 heteroatoms. The fourth-order valence-electron chi connectivity index (χ4n) is 1.39. The monoisotopic (exact) mass is 351 g/mol. The van der Waals surface area contributed by atoms with Gasteiger partial charge in [-0.25, -0.2) is 4.79 Å². The van der Waals surface area contributed by atoms with Gasteiger partial charge >= 0.3 is 12.0 Å². The van der Waals surface area contributed by atoms with Gasteiger partial charge in [0.05, 0.1) is 4.90 Å². The minimum absolute atomic E-state index is 0.0210. The molecular formula is C11H14ClN3O6S. The molecule has 0 heterocycles. The highest BCUT2D eigenvalue weighted by Gasteiger charge is 2.17. The Morgan fingerprint density at radius 3 is 2.50 bits per heavy atom. The summed E-state index contributed by atoms with van der Waals surface area (Å²) in [5.74, 6) is -1.28. The average molecular weight is 352 g/mol. The smallest absolute Gasteiger partial charge is 0.322 e. The maximum absolute atomic E-state index is 11.6. The predicted molar refractivity (Wildman–Crippen MR) is 78.6 cm³/mol. The summed E-state index contributed by atoms with van der Waals surface area (Å²) in [5, 5.41) is 13.1. The van der Waals surface area contributed by atoms with Gasteiger partial charge in [0.1, 0.15) is 6.04 Å². The molecule has 0 fully saturated rings. The maximum Gasteiger partial charge on any atom is 0.322 e. The van der Waals surface area contributed by atoms with E-state index in [1.165, 1.54) is 6.92 Å². The van der Waals surface area contributed by atoms with Crippen LogP contribution in [0, 0.1) is 6.92 Å². The normalized spacial score (nSPS) is 12.5. The molecular weight excluding hydrogens is 338 g/mol. The molecule has 0 aliphatic heterocycles. The zero-order valence-electron chi connectivity index (χ0n) is 11.3. The van der Waals surface area contributed by atoms with E-state index < -0.39 is 33.1 Å². The van der Waals surface area contributed by atoms with Crippen molar-refractivity contribution in [3.8, 4) is 0 Å². The number of nitrogens with one attached hydrogen (secondary N) is 2. The van der Waals surface area contributed by atoms with Crippen LogP contribution in [0.2, 0.25) is 5.02 Å². The first-order valence-corrected chi connectivity index (χ1v) is 7.65. The molecule has 1 atom stereocenters. The van der Waals surface area contributed by atoms with Gasteiger partial charge in [-0.05, 0) is 24.6 Å². The van der Waals surface area contributed by atoms with Crippen molar-refractivity contribution in [1.29, 1.82) is 0 Å². The summed E-state index contributed by atoms with van der Waals surface area (Å²) in [6.07, 6.45) is 0. The summed E-state index contributed by atoms with van der Waals surface area (Å²) in [5.41, 5.74) is 5.63.